The Morgan fingerprint density at radius 3 is 2.36 bits per heavy atom. The van der Waals surface area contributed by atoms with Crippen molar-refractivity contribution >= 4 is 29.4 Å². The Hall–Kier alpha value is -4.48. The Morgan fingerprint density at radius 1 is 1.05 bits per heavy atom. The summed E-state index contributed by atoms with van der Waals surface area (Å²) < 4.78 is 81.1. The molecule has 44 heavy (non-hydrogen) atoms. The molecule has 0 saturated heterocycles. The van der Waals surface area contributed by atoms with Crippen molar-refractivity contribution in [2.75, 3.05) is 16.8 Å². The summed E-state index contributed by atoms with van der Waals surface area (Å²) in [6, 6.07) is -1.85. The number of nitrogens with one attached hydrogen (secondary N) is 3. The van der Waals surface area contributed by atoms with Crippen molar-refractivity contribution in [3.63, 3.8) is 0 Å². The van der Waals surface area contributed by atoms with E-state index in [9.17, 15) is 31.1 Å². The molecule has 1 aliphatic carbocycles. The van der Waals surface area contributed by atoms with Crippen LogP contribution in [-0.2, 0) is 13.2 Å². The third-order valence-electron chi connectivity index (χ3n) is 6.86. The van der Waals surface area contributed by atoms with E-state index in [2.05, 4.69) is 40.5 Å². The van der Waals surface area contributed by atoms with Crippen LogP contribution in [0.1, 0.15) is 31.2 Å². The summed E-state index contributed by atoms with van der Waals surface area (Å²) in [4.78, 5) is 30.6. The van der Waals surface area contributed by atoms with E-state index in [1.54, 1.807) is 24.1 Å². The first kappa shape index (κ1) is 31.0. The number of aromatic nitrogens is 8. The van der Waals surface area contributed by atoms with Crippen LogP contribution in [-0.4, -0.2) is 70.7 Å². The van der Waals surface area contributed by atoms with Crippen molar-refractivity contribution in [3.05, 3.63) is 47.8 Å². The molecule has 0 aliphatic heterocycles. The lowest BCUT2D eigenvalue weighted by Crippen LogP contribution is -2.50. The molecule has 1 saturated carbocycles. The first-order chi connectivity index (χ1) is 20.8. The Morgan fingerprint density at radius 2 is 1.80 bits per heavy atom. The minimum absolute atomic E-state index is 0.0545. The highest BCUT2D eigenvalue weighted by Gasteiger charge is 2.37. The van der Waals surface area contributed by atoms with Gasteiger partial charge in [-0.2, -0.15) is 36.5 Å². The summed E-state index contributed by atoms with van der Waals surface area (Å²) in [5, 5.41) is 15.0. The molecule has 19 heteroatoms. The normalized spacial score (nSPS) is 17.4. The predicted octanol–water partition coefficient (Wildman–Crippen LogP) is 5.23. The Bertz CT molecular complexity index is 1600. The number of hydrogen-bond acceptors (Lipinski definition) is 8. The number of halogens is 7. The largest absolute Gasteiger partial charge is 0.420 e. The SMILES string of the molecule is Cn1cc(-c2cnc(N(C(=O)NCC(F)(F)F)C3CCC(Nc4ncc(C(F)(F)F)c(-c5[nH]ncc5Cl)n4)CC3)cn2)cn1. The topological polar surface area (TPSA) is 142 Å². The van der Waals surface area contributed by atoms with Crippen LogP contribution < -0.4 is 15.5 Å². The molecule has 2 amide bonds. The third kappa shape index (κ3) is 7.17. The molecule has 4 aromatic rings. The molecule has 3 N–H and O–H groups in total. The summed E-state index contributed by atoms with van der Waals surface area (Å²) in [5.41, 5.74) is -0.585. The molecule has 4 heterocycles. The molecule has 1 fully saturated rings. The Labute approximate surface area is 250 Å². The number of aryl methyl sites for hydroxylation is 1. The second-order valence-corrected chi connectivity index (χ2v) is 10.4. The predicted molar refractivity (Wildman–Crippen MR) is 145 cm³/mol. The lowest BCUT2D eigenvalue weighted by atomic mass is 9.90. The van der Waals surface area contributed by atoms with Gasteiger partial charge in [-0.25, -0.2) is 19.7 Å². The van der Waals surface area contributed by atoms with Gasteiger partial charge >= 0.3 is 18.4 Å². The fraction of sp³-hybridized carbons (Fsp3) is 0.400. The number of H-pyrrole nitrogens is 1. The Kier molecular flexibility index (Phi) is 8.62. The zero-order chi connectivity index (χ0) is 31.6. The molecule has 0 radical (unpaired) electrons. The highest BCUT2D eigenvalue weighted by molar-refractivity contribution is 6.32. The summed E-state index contributed by atoms with van der Waals surface area (Å²) >= 11 is 6.00. The fourth-order valence-electron chi connectivity index (χ4n) is 4.81. The molecule has 12 nitrogen and oxygen atoms in total. The number of carbonyl (C=O) groups is 1. The first-order valence-corrected chi connectivity index (χ1v) is 13.5. The van der Waals surface area contributed by atoms with E-state index < -0.39 is 42.2 Å². The molecule has 0 unspecified atom stereocenters. The number of anilines is 2. The smallest absolute Gasteiger partial charge is 0.351 e. The van der Waals surface area contributed by atoms with Gasteiger partial charge in [0.15, 0.2) is 5.82 Å². The molecule has 0 atom stereocenters. The van der Waals surface area contributed by atoms with Crippen LogP contribution in [0, 0.1) is 0 Å². The van der Waals surface area contributed by atoms with Crippen molar-refractivity contribution in [1.29, 1.82) is 0 Å². The maximum absolute atomic E-state index is 13.6. The van der Waals surface area contributed by atoms with Crippen molar-refractivity contribution in [3.8, 4) is 22.6 Å². The van der Waals surface area contributed by atoms with E-state index in [1.807, 2.05) is 5.32 Å². The van der Waals surface area contributed by atoms with Gasteiger partial charge in [0.25, 0.3) is 0 Å². The second-order valence-electron chi connectivity index (χ2n) is 10.0. The van der Waals surface area contributed by atoms with E-state index in [0.717, 1.165) is 11.1 Å². The van der Waals surface area contributed by atoms with Gasteiger partial charge in [-0.05, 0) is 25.7 Å². The molecule has 234 valence electrons. The van der Waals surface area contributed by atoms with E-state index in [-0.39, 0.29) is 28.5 Å². The minimum atomic E-state index is -4.75. The van der Waals surface area contributed by atoms with Gasteiger partial charge in [0.2, 0.25) is 5.95 Å². The minimum Gasteiger partial charge on any atom is -0.351 e. The van der Waals surface area contributed by atoms with Gasteiger partial charge in [-0.1, -0.05) is 11.6 Å². The van der Waals surface area contributed by atoms with Crippen LogP contribution in [0.25, 0.3) is 22.6 Å². The molecular formula is C25H24ClF6N11O. The zero-order valence-corrected chi connectivity index (χ0v) is 23.5. The van der Waals surface area contributed by atoms with E-state index in [4.69, 9.17) is 11.6 Å². The van der Waals surface area contributed by atoms with E-state index >= 15 is 0 Å². The second kappa shape index (κ2) is 12.3. The number of aromatic amines is 1. The van der Waals surface area contributed by atoms with Gasteiger partial charge in [-0.15, -0.1) is 0 Å². The number of carbonyl (C=O) groups excluding carboxylic acids is 1. The number of alkyl halides is 6. The van der Waals surface area contributed by atoms with Crippen LogP contribution in [0.2, 0.25) is 5.02 Å². The average Bonchev–Trinajstić information content (AvgIpc) is 3.60. The molecule has 1 aliphatic rings. The fourth-order valence-corrected chi connectivity index (χ4v) is 4.99. The maximum Gasteiger partial charge on any atom is 0.420 e. The maximum atomic E-state index is 13.6. The number of rotatable bonds is 7. The van der Waals surface area contributed by atoms with Crippen molar-refractivity contribution < 1.29 is 31.1 Å². The van der Waals surface area contributed by atoms with Crippen LogP contribution in [0.5, 0.6) is 0 Å². The molecule has 0 bridgehead atoms. The van der Waals surface area contributed by atoms with Gasteiger partial charge in [-0.3, -0.25) is 19.7 Å². The van der Waals surface area contributed by atoms with Crippen LogP contribution in [0.4, 0.5) is 42.9 Å². The first-order valence-electron chi connectivity index (χ1n) is 13.1. The van der Waals surface area contributed by atoms with Crippen LogP contribution in [0.15, 0.2) is 37.2 Å². The standard InChI is InChI=1S/C25H24ClF6N11O/c1-42-11-13(6-38-42)18-9-34-19(10-33-18)43(23(44)36-12-24(27,28)29)15-4-2-14(3-5-15)39-22-35-7-16(25(30,31)32)20(40-22)21-17(26)8-37-41-21/h6-11,14-15H,2-5,12H2,1H3,(H,36,44)(H,37,41)(H,35,39,40). The molecule has 5 rings (SSSR count). The molecule has 0 aromatic carbocycles. The van der Waals surface area contributed by atoms with Crippen LogP contribution >= 0.6 is 11.6 Å². The Balaban J connectivity index is 1.32. The number of urea groups is 1. The third-order valence-corrected chi connectivity index (χ3v) is 7.15. The van der Waals surface area contributed by atoms with Gasteiger partial charge in [0.05, 0.1) is 35.5 Å². The van der Waals surface area contributed by atoms with Crippen molar-refractivity contribution in [2.24, 2.45) is 7.05 Å². The summed E-state index contributed by atoms with van der Waals surface area (Å²) in [6.45, 7) is -1.53. The monoisotopic (exact) mass is 643 g/mol. The number of hydrogen-bond donors (Lipinski definition) is 3. The summed E-state index contributed by atoms with van der Waals surface area (Å²) in [5.74, 6) is -0.0281. The van der Waals surface area contributed by atoms with E-state index in [0.29, 0.717) is 43.1 Å². The molecular weight excluding hydrogens is 620 g/mol. The lowest BCUT2D eigenvalue weighted by molar-refractivity contribution is -0.137. The summed E-state index contributed by atoms with van der Waals surface area (Å²) in [7, 11) is 1.72. The van der Waals surface area contributed by atoms with E-state index in [1.165, 1.54) is 12.4 Å². The highest BCUT2D eigenvalue weighted by atomic mass is 35.5. The van der Waals surface area contributed by atoms with Crippen molar-refractivity contribution in [2.45, 2.75) is 50.1 Å². The zero-order valence-electron chi connectivity index (χ0n) is 22.8. The lowest BCUT2D eigenvalue weighted by Gasteiger charge is -2.36. The highest BCUT2D eigenvalue weighted by Crippen LogP contribution is 2.38. The number of nitrogens with zero attached hydrogens (tertiary/aromatic N) is 8. The summed E-state index contributed by atoms with van der Waals surface area (Å²) in [6.07, 6.45) is -0.181. The number of amides is 2. The molecule has 4 aromatic heterocycles. The van der Waals surface area contributed by atoms with Crippen LogP contribution in [0.3, 0.4) is 0 Å². The molecule has 0 spiro atoms. The average molecular weight is 644 g/mol. The van der Waals surface area contributed by atoms with Crippen molar-refractivity contribution in [1.82, 2.24) is 45.2 Å². The van der Waals surface area contributed by atoms with Gasteiger partial charge < -0.3 is 10.6 Å². The quantitative estimate of drug-likeness (QED) is 0.233. The van der Waals surface area contributed by atoms with Gasteiger partial charge in [0.1, 0.15) is 23.5 Å². The van der Waals surface area contributed by atoms with Gasteiger partial charge in [0, 0.05) is 37.1 Å².